The van der Waals surface area contributed by atoms with Crippen LogP contribution in [-0.2, 0) is 10.9 Å². The van der Waals surface area contributed by atoms with Crippen LogP contribution in [0, 0.1) is 18.2 Å². The van der Waals surface area contributed by atoms with E-state index in [0.717, 1.165) is 60.9 Å². The van der Waals surface area contributed by atoms with Crippen LogP contribution >= 0.6 is 0 Å². The number of halogens is 4. The lowest BCUT2D eigenvalue weighted by Crippen LogP contribution is -2.35. The molecule has 0 radical (unpaired) electrons. The molecule has 210 valence electrons. The molecule has 2 atom stereocenters. The highest BCUT2D eigenvalue weighted by atomic mass is 19.4. The number of carbonyl (C=O) groups is 1. The average Bonchev–Trinajstić information content (AvgIpc) is 3.65. The van der Waals surface area contributed by atoms with E-state index < -0.39 is 30.0 Å². The van der Waals surface area contributed by atoms with Gasteiger partial charge in [-0.05, 0) is 97.8 Å². The summed E-state index contributed by atoms with van der Waals surface area (Å²) in [6.45, 7) is 8.06. The molecular weight excluding hydrogens is 510 g/mol. The molecule has 1 amide bonds. The Hall–Kier alpha value is -3.03. The van der Waals surface area contributed by atoms with Gasteiger partial charge in [0.2, 0.25) is 0 Å². The normalized spacial score (nSPS) is 23.3. The van der Waals surface area contributed by atoms with E-state index in [2.05, 4.69) is 13.8 Å². The van der Waals surface area contributed by atoms with E-state index in [-0.39, 0.29) is 23.7 Å². The van der Waals surface area contributed by atoms with Gasteiger partial charge in [-0.2, -0.15) is 13.2 Å². The van der Waals surface area contributed by atoms with Crippen molar-refractivity contribution in [3.05, 3.63) is 69.5 Å². The number of nitrogens with zero attached hydrogens (tertiary/aromatic N) is 1. The number of carbonyl (C=O) groups excluding carboxylic acids is 1. The molecule has 3 aliphatic rings. The molecule has 5 rings (SSSR count). The minimum Gasteiger partial charge on any atom is -0.496 e. The van der Waals surface area contributed by atoms with Crippen molar-refractivity contribution < 1.29 is 31.8 Å². The van der Waals surface area contributed by atoms with E-state index >= 15 is 0 Å². The molecule has 2 aromatic carbocycles. The first kappa shape index (κ1) is 27.5. The Morgan fingerprint density at radius 3 is 2.49 bits per heavy atom. The van der Waals surface area contributed by atoms with Crippen LogP contribution in [-0.4, -0.2) is 30.7 Å². The Morgan fingerprint density at radius 1 is 1.13 bits per heavy atom. The molecule has 0 N–H and O–H groups in total. The Kier molecular flexibility index (Phi) is 6.96. The van der Waals surface area contributed by atoms with Crippen LogP contribution in [0.5, 0.6) is 5.75 Å². The molecule has 0 spiro atoms. The molecule has 1 saturated carbocycles. The number of allylic oxidation sites excluding steroid dienone is 1. The summed E-state index contributed by atoms with van der Waals surface area (Å²) < 4.78 is 66.5. The van der Waals surface area contributed by atoms with Crippen molar-refractivity contribution in [1.29, 1.82) is 0 Å². The molecule has 0 aromatic heterocycles. The summed E-state index contributed by atoms with van der Waals surface area (Å²) in [5.41, 5.74) is 3.68. The fourth-order valence-electron chi connectivity index (χ4n) is 6.08. The van der Waals surface area contributed by atoms with Crippen molar-refractivity contribution >= 4 is 11.7 Å². The molecule has 2 aromatic rings. The summed E-state index contributed by atoms with van der Waals surface area (Å²) in [6.07, 6.45) is -1.52. The highest BCUT2D eigenvalue weighted by molar-refractivity contribution is 5.77. The second-order valence-corrected chi connectivity index (χ2v) is 12.1. The van der Waals surface area contributed by atoms with Gasteiger partial charge in [0.1, 0.15) is 17.7 Å². The van der Waals surface area contributed by atoms with Gasteiger partial charge in [-0.3, -0.25) is 4.90 Å². The summed E-state index contributed by atoms with van der Waals surface area (Å²) >= 11 is 0. The van der Waals surface area contributed by atoms with Crippen molar-refractivity contribution in [2.45, 2.75) is 84.0 Å². The second-order valence-electron chi connectivity index (χ2n) is 12.1. The molecule has 2 aliphatic carbocycles. The van der Waals surface area contributed by atoms with E-state index in [1.807, 2.05) is 13.0 Å². The summed E-state index contributed by atoms with van der Waals surface area (Å²) in [6, 6.07) is 6.71. The third-order valence-corrected chi connectivity index (χ3v) is 8.34. The van der Waals surface area contributed by atoms with Crippen molar-refractivity contribution in [2.75, 3.05) is 13.7 Å². The summed E-state index contributed by atoms with van der Waals surface area (Å²) in [7, 11) is 1.53. The molecule has 2 fully saturated rings. The van der Waals surface area contributed by atoms with Crippen LogP contribution in [0.2, 0.25) is 0 Å². The number of rotatable bonds is 6. The van der Waals surface area contributed by atoms with Gasteiger partial charge in [0, 0.05) is 18.2 Å². The number of cyclic esters (lactones) is 1. The maximum Gasteiger partial charge on any atom is 0.416 e. The molecule has 1 saturated heterocycles. The first-order valence-corrected chi connectivity index (χ1v) is 13.5. The van der Waals surface area contributed by atoms with Gasteiger partial charge in [0.25, 0.3) is 0 Å². The third-order valence-electron chi connectivity index (χ3n) is 8.34. The molecule has 4 nitrogen and oxygen atoms in total. The fraction of sp³-hybridized carbons (Fsp3) is 0.516. The SMILES string of the molecule is COc1cc(F)c(C2CC2)cc1C1=C(CN2C(=O)O[C@H](c3cc(C)cc(C(F)(F)F)c3)[C@@H]2C)CC(C)(C)CC1. The first-order valence-electron chi connectivity index (χ1n) is 13.5. The Bertz CT molecular complexity index is 1330. The van der Waals surface area contributed by atoms with E-state index in [4.69, 9.17) is 9.47 Å². The highest BCUT2D eigenvalue weighted by Crippen LogP contribution is 2.49. The largest absolute Gasteiger partial charge is 0.496 e. The lowest BCUT2D eigenvalue weighted by atomic mass is 9.72. The topological polar surface area (TPSA) is 38.8 Å². The maximum atomic E-state index is 14.8. The number of amides is 1. The molecule has 39 heavy (non-hydrogen) atoms. The smallest absolute Gasteiger partial charge is 0.416 e. The van der Waals surface area contributed by atoms with Crippen molar-refractivity contribution in [2.24, 2.45) is 5.41 Å². The van der Waals surface area contributed by atoms with Gasteiger partial charge in [-0.1, -0.05) is 25.5 Å². The summed E-state index contributed by atoms with van der Waals surface area (Å²) in [4.78, 5) is 14.7. The highest BCUT2D eigenvalue weighted by Gasteiger charge is 2.42. The molecule has 8 heteroatoms. The quantitative estimate of drug-likeness (QED) is 0.341. The number of ether oxygens (including phenoxy) is 2. The minimum atomic E-state index is -4.49. The standard InChI is InChI=1S/C31H35F4NO3/c1-17-10-20(12-22(11-17)31(33,34)35)28-18(2)36(29(37)39-28)16-21-15-30(3,4)9-8-23(21)25-13-24(19-6-7-19)26(32)14-27(25)38-5/h10-14,18-19,28H,6-9,15-16H2,1-5H3/t18-,28-/m0/s1. The van der Waals surface area contributed by atoms with Crippen LogP contribution in [0.3, 0.4) is 0 Å². The summed E-state index contributed by atoms with van der Waals surface area (Å²) in [5.74, 6) is 0.440. The second kappa shape index (κ2) is 9.86. The maximum absolute atomic E-state index is 14.8. The van der Waals surface area contributed by atoms with Crippen LogP contribution in [0.1, 0.15) is 92.7 Å². The van der Waals surface area contributed by atoms with E-state index in [1.165, 1.54) is 13.2 Å². The first-order chi connectivity index (χ1) is 18.3. The number of hydrogen-bond donors (Lipinski definition) is 0. The van der Waals surface area contributed by atoms with E-state index in [1.54, 1.807) is 17.9 Å². The third kappa shape index (κ3) is 5.52. The summed E-state index contributed by atoms with van der Waals surface area (Å²) in [5, 5.41) is 0. The van der Waals surface area contributed by atoms with Gasteiger partial charge in [0.05, 0.1) is 18.7 Å². The van der Waals surface area contributed by atoms with Crippen molar-refractivity contribution in [3.63, 3.8) is 0 Å². The zero-order valence-electron chi connectivity index (χ0n) is 23.0. The van der Waals surface area contributed by atoms with Gasteiger partial charge in [-0.25, -0.2) is 9.18 Å². The average molecular weight is 546 g/mol. The number of alkyl halides is 3. The monoisotopic (exact) mass is 545 g/mol. The Labute approximate surface area is 227 Å². The fourth-order valence-corrected chi connectivity index (χ4v) is 6.08. The number of aryl methyl sites for hydroxylation is 1. The van der Waals surface area contributed by atoms with Crippen LogP contribution in [0.25, 0.3) is 5.57 Å². The predicted octanol–water partition coefficient (Wildman–Crippen LogP) is 8.58. The Balaban J connectivity index is 1.51. The number of benzene rings is 2. The number of methoxy groups -OCH3 is 1. The molecule has 1 heterocycles. The minimum absolute atomic E-state index is 0.00413. The zero-order chi connectivity index (χ0) is 28.3. The van der Waals surface area contributed by atoms with E-state index in [9.17, 15) is 22.4 Å². The molecular formula is C31H35F4NO3. The van der Waals surface area contributed by atoms with Gasteiger partial charge in [-0.15, -0.1) is 0 Å². The van der Waals surface area contributed by atoms with Gasteiger partial charge < -0.3 is 9.47 Å². The van der Waals surface area contributed by atoms with Gasteiger partial charge >= 0.3 is 12.3 Å². The van der Waals surface area contributed by atoms with Crippen molar-refractivity contribution in [3.8, 4) is 5.75 Å². The predicted molar refractivity (Wildman–Crippen MR) is 141 cm³/mol. The van der Waals surface area contributed by atoms with Crippen LogP contribution in [0.4, 0.5) is 22.4 Å². The lowest BCUT2D eigenvalue weighted by Gasteiger charge is -2.36. The zero-order valence-corrected chi connectivity index (χ0v) is 23.0. The van der Waals surface area contributed by atoms with Gasteiger partial charge in [0.15, 0.2) is 0 Å². The number of hydrogen-bond acceptors (Lipinski definition) is 3. The lowest BCUT2D eigenvalue weighted by molar-refractivity contribution is -0.137. The van der Waals surface area contributed by atoms with Crippen LogP contribution < -0.4 is 4.74 Å². The molecule has 0 bridgehead atoms. The molecule has 0 unspecified atom stereocenters. The van der Waals surface area contributed by atoms with Crippen LogP contribution in [0.15, 0.2) is 35.9 Å². The van der Waals surface area contributed by atoms with E-state index in [0.29, 0.717) is 22.4 Å². The van der Waals surface area contributed by atoms with Crippen molar-refractivity contribution in [1.82, 2.24) is 4.90 Å². The Morgan fingerprint density at radius 2 is 1.85 bits per heavy atom. The molecule has 1 aliphatic heterocycles.